The summed E-state index contributed by atoms with van der Waals surface area (Å²) in [5.74, 6) is 0.498. The third kappa shape index (κ3) is 4.27. The summed E-state index contributed by atoms with van der Waals surface area (Å²) >= 11 is 0. The van der Waals surface area contributed by atoms with Crippen LogP contribution in [0.4, 0.5) is 4.39 Å². The second-order valence-corrected chi connectivity index (χ2v) is 5.83. The summed E-state index contributed by atoms with van der Waals surface area (Å²) < 4.78 is 12.9. The summed E-state index contributed by atoms with van der Waals surface area (Å²) in [6, 6.07) is 3.93. The normalized spacial score (nSPS) is 20.8. The average Bonchev–Trinajstić information content (AvgIpc) is 2.68. The molecule has 2 rings (SSSR count). The van der Waals surface area contributed by atoms with Crippen LogP contribution < -0.4 is 5.32 Å². The van der Waals surface area contributed by atoms with Crippen LogP contribution in [0.15, 0.2) is 18.3 Å². The quantitative estimate of drug-likeness (QED) is 0.823. The Balaban J connectivity index is 1.89. The van der Waals surface area contributed by atoms with Gasteiger partial charge in [-0.1, -0.05) is 25.7 Å². The van der Waals surface area contributed by atoms with Gasteiger partial charge in [-0.2, -0.15) is 0 Å². The van der Waals surface area contributed by atoms with Crippen LogP contribution in [0.3, 0.4) is 0 Å². The number of hydrogen-bond donors (Lipinski definition) is 1. The van der Waals surface area contributed by atoms with Gasteiger partial charge in [-0.3, -0.25) is 4.98 Å². The first-order chi connectivity index (χ1) is 9.16. The largest absolute Gasteiger partial charge is 0.306 e. The molecular weight excluding hydrogens is 239 g/mol. The summed E-state index contributed by atoms with van der Waals surface area (Å²) in [7, 11) is 0. The second-order valence-electron chi connectivity index (χ2n) is 5.83. The van der Waals surface area contributed by atoms with Gasteiger partial charge >= 0.3 is 0 Å². The molecule has 0 amide bonds. The highest BCUT2D eigenvalue weighted by Gasteiger charge is 2.21. The lowest BCUT2D eigenvalue weighted by Crippen LogP contribution is -2.35. The van der Waals surface area contributed by atoms with Crippen LogP contribution >= 0.6 is 0 Å². The smallest absolute Gasteiger partial charge is 0.141 e. The molecule has 1 N–H and O–H groups in total. The van der Waals surface area contributed by atoms with E-state index < -0.39 is 0 Å². The van der Waals surface area contributed by atoms with E-state index in [0.717, 1.165) is 11.6 Å². The van der Waals surface area contributed by atoms with Crippen molar-refractivity contribution in [3.8, 4) is 0 Å². The lowest BCUT2D eigenvalue weighted by molar-refractivity contribution is 0.314. The van der Waals surface area contributed by atoms with Crippen molar-refractivity contribution in [3.63, 3.8) is 0 Å². The maximum Gasteiger partial charge on any atom is 0.141 e. The first kappa shape index (κ1) is 14.4. The van der Waals surface area contributed by atoms with Gasteiger partial charge in [-0.25, -0.2) is 4.39 Å². The van der Waals surface area contributed by atoms with Crippen molar-refractivity contribution in [2.24, 2.45) is 5.92 Å². The molecule has 1 unspecified atom stereocenters. The van der Waals surface area contributed by atoms with Gasteiger partial charge in [-0.15, -0.1) is 0 Å². The molecule has 2 nitrogen and oxygen atoms in total. The van der Waals surface area contributed by atoms with Crippen molar-refractivity contribution in [3.05, 3.63) is 29.8 Å². The van der Waals surface area contributed by atoms with Crippen molar-refractivity contribution in [1.29, 1.82) is 0 Å². The summed E-state index contributed by atoms with van der Waals surface area (Å²) in [6.45, 7) is 4.38. The molecule has 0 aliphatic heterocycles. The van der Waals surface area contributed by atoms with E-state index in [-0.39, 0.29) is 11.9 Å². The van der Waals surface area contributed by atoms with Crippen molar-refractivity contribution >= 4 is 0 Å². The number of rotatable bonds is 4. The molecule has 19 heavy (non-hydrogen) atoms. The summed E-state index contributed by atoms with van der Waals surface area (Å²) in [6.07, 6.45) is 9.45. The Morgan fingerprint density at radius 2 is 1.84 bits per heavy atom. The molecule has 1 aromatic heterocycles. The number of nitrogens with zero attached hydrogens (tertiary/aromatic N) is 1. The summed E-state index contributed by atoms with van der Waals surface area (Å²) in [4.78, 5) is 4.16. The highest BCUT2D eigenvalue weighted by atomic mass is 19.1. The third-order valence-electron chi connectivity index (χ3n) is 4.31. The fourth-order valence-corrected chi connectivity index (χ4v) is 3.07. The van der Waals surface area contributed by atoms with Gasteiger partial charge in [0.1, 0.15) is 5.82 Å². The first-order valence-electron chi connectivity index (χ1n) is 7.54. The van der Waals surface area contributed by atoms with Crippen molar-refractivity contribution < 1.29 is 4.39 Å². The lowest BCUT2D eigenvalue weighted by atomic mass is 9.92. The van der Waals surface area contributed by atoms with E-state index >= 15 is 0 Å². The first-order valence-corrected chi connectivity index (χ1v) is 7.54. The fourth-order valence-electron chi connectivity index (χ4n) is 3.07. The predicted octanol–water partition coefficient (Wildman–Crippen LogP) is 4.23. The minimum Gasteiger partial charge on any atom is -0.306 e. The van der Waals surface area contributed by atoms with Gasteiger partial charge in [0.15, 0.2) is 0 Å². The lowest BCUT2D eigenvalue weighted by Gasteiger charge is -2.27. The van der Waals surface area contributed by atoms with Gasteiger partial charge in [0.2, 0.25) is 0 Å². The molecule has 1 aliphatic carbocycles. The molecule has 0 bridgehead atoms. The fraction of sp³-hybridized carbons (Fsp3) is 0.688. The zero-order valence-corrected chi connectivity index (χ0v) is 12.0. The molecule has 0 aromatic carbocycles. The highest BCUT2D eigenvalue weighted by molar-refractivity contribution is 5.09. The van der Waals surface area contributed by atoms with E-state index in [1.54, 1.807) is 6.07 Å². The van der Waals surface area contributed by atoms with E-state index in [1.807, 2.05) is 0 Å². The maximum absolute atomic E-state index is 12.9. The predicted molar refractivity (Wildman–Crippen MR) is 76.4 cm³/mol. The van der Waals surface area contributed by atoms with Gasteiger partial charge in [-0.05, 0) is 44.7 Å². The summed E-state index contributed by atoms with van der Waals surface area (Å²) in [5, 5.41) is 3.63. The van der Waals surface area contributed by atoms with Crippen LogP contribution in [0.25, 0.3) is 0 Å². The van der Waals surface area contributed by atoms with Crippen LogP contribution in [0, 0.1) is 11.7 Å². The van der Waals surface area contributed by atoms with Gasteiger partial charge in [0, 0.05) is 12.1 Å². The van der Waals surface area contributed by atoms with Crippen LogP contribution in [0.5, 0.6) is 0 Å². The van der Waals surface area contributed by atoms with E-state index in [1.165, 1.54) is 50.8 Å². The molecule has 0 radical (unpaired) electrons. The zero-order chi connectivity index (χ0) is 13.7. The molecular formula is C16H25FN2. The molecule has 1 heterocycles. The SMILES string of the molecule is CC(N[C@H](C)C1CCCCCC1)c1ccc(F)cn1. The topological polar surface area (TPSA) is 24.9 Å². The minimum atomic E-state index is -0.271. The van der Waals surface area contributed by atoms with E-state index in [4.69, 9.17) is 0 Å². The Morgan fingerprint density at radius 3 is 2.42 bits per heavy atom. The van der Waals surface area contributed by atoms with Crippen LogP contribution in [-0.2, 0) is 0 Å². The number of aromatic nitrogens is 1. The Kier molecular flexibility index (Phi) is 5.32. The van der Waals surface area contributed by atoms with Crippen molar-refractivity contribution in [2.45, 2.75) is 64.5 Å². The second kappa shape index (κ2) is 6.99. The Hall–Kier alpha value is -0.960. The molecule has 1 aliphatic rings. The van der Waals surface area contributed by atoms with Crippen molar-refractivity contribution in [2.75, 3.05) is 0 Å². The Bertz CT molecular complexity index is 369. The monoisotopic (exact) mass is 264 g/mol. The molecule has 0 spiro atoms. The van der Waals surface area contributed by atoms with Gasteiger partial charge in [0.25, 0.3) is 0 Å². The zero-order valence-electron chi connectivity index (χ0n) is 12.0. The maximum atomic E-state index is 12.9. The highest BCUT2D eigenvalue weighted by Crippen LogP contribution is 2.26. The van der Waals surface area contributed by atoms with E-state index in [0.29, 0.717) is 6.04 Å². The minimum absolute atomic E-state index is 0.179. The molecule has 3 heteroatoms. The van der Waals surface area contributed by atoms with E-state index in [2.05, 4.69) is 24.1 Å². The van der Waals surface area contributed by atoms with Crippen LogP contribution in [-0.4, -0.2) is 11.0 Å². The number of halogens is 1. The van der Waals surface area contributed by atoms with E-state index in [9.17, 15) is 4.39 Å². The molecule has 106 valence electrons. The summed E-state index contributed by atoms with van der Waals surface area (Å²) in [5.41, 5.74) is 0.918. The van der Waals surface area contributed by atoms with Crippen LogP contribution in [0.1, 0.15) is 64.1 Å². The third-order valence-corrected chi connectivity index (χ3v) is 4.31. The molecule has 0 saturated heterocycles. The van der Waals surface area contributed by atoms with Crippen molar-refractivity contribution in [1.82, 2.24) is 10.3 Å². The molecule has 1 fully saturated rings. The van der Waals surface area contributed by atoms with Gasteiger partial charge in [0.05, 0.1) is 11.9 Å². The Morgan fingerprint density at radius 1 is 1.16 bits per heavy atom. The Labute approximate surface area is 115 Å². The number of pyridine rings is 1. The number of hydrogen-bond acceptors (Lipinski definition) is 2. The molecule has 1 aromatic rings. The molecule has 1 saturated carbocycles. The molecule has 2 atom stereocenters. The average molecular weight is 264 g/mol. The standard InChI is InChI=1S/C16H25FN2/c1-12(14-7-5-3-4-6-8-14)19-13(2)16-10-9-15(17)11-18-16/h9-14,19H,3-8H2,1-2H3/t12-,13?/m1/s1. The number of nitrogens with one attached hydrogen (secondary N) is 1. The van der Waals surface area contributed by atoms with Gasteiger partial charge < -0.3 is 5.32 Å². The van der Waals surface area contributed by atoms with Crippen LogP contribution in [0.2, 0.25) is 0 Å².